The molecular weight excluding hydrogens is 432 g/mol. The summed E-state index contributed by atoms with van der Waals surface area (Å²) in [7, 11) is 0. The molecule has 2 atom stereocenters. The van der Waals surface area contributed by atoms with E-state index < -0.39 is 0 Å². The molecule has 5 heterocycles. The first-order valence-electron chi connectivity index (χ1n) is 10.0. The summed E-state index contributed by atoms with van der Waals surface area (Å²) in [5.41, 5.74) is 3.72. The third kappa shape index (κ3) is 2.64. The minimum Gasteiger partial charge on any atom is -0.356 e. The standard InChI is InChI=1S/C22H19BrN4O2/c23-14-5-9-20-24-11-18(26(20)12-14)21-17-8-4-13(10-19(17)29-25-21)22(28)27-15-2-1-3-16(27)7-6-15/h4-5,8-12,15-16H,1-3,6-7H2. The highest BCUT2D eigenvalue weighted by atomic mass is 79.9. The van der Waals surface area contributed by atoms with Crippen LogP contribution in [0.5, 0.6) is 0 Å². The summed E-state index contributed by atoms with van der Waals surface area (Å²) in [6.07, 6.45) is 9.51. The maximum Gasteiger partial charge on any atom is 0.254 e. The largest absolute Gasteiger partial charge is 0.356 e. The summed E-state index contributed by atoms with van der Waals surface area (Å²) in [4.78, 5) is 19.8. The van der Waals surface area contributed by atoms with Gasteiger partial charge in [-0.05, 0) is 78.4 Å². The van der Waals surface area contributed by atoms with Gasteiger partial charge >= 0.3 is 0 Å². The fourth-order valence-electron chi connectivity index (χ4n) is 4.98. The average molecular weight is 451 g/mol. The first kappa shape index (κ1) is 17.2. The van der Waals surface area contributed by atoms with Crippen molar-refractivity contribution in [3.05, 3.63) is 52.8 Å². The SMILES string of the molecule is O=C(c1ccc2c(-c3cnc4ccc(Br)cn34)noc2c1)N1C2CCCC1CC2. The maximum absolute atomic E-state index is 13.2. The Morgan fingerprint density at radius 3 is 2.76 bits per heavy atom. The highest BCUT2D eigenvalue weighted by Gasteiger charge is 2.39. The monoisotopic (exact) mass is 450 g/mol. The second-order valence-corrected chi connectivity index (χ2v) is 8.91. The van der Waals surface area contributed by atoms with E-state index in [1.165, 1.54) is 6.42 Å². The molecule has 6 nitrogen and oxygen atoms in total. The second kappa shape index (κ2) is 6.42. The number of carbonyl (C=O) groups is 1. The summed E-state index contributed by atoms with van der Waals surface area (Å²) in [6, 6.07) is 10.4. The van der Waals surface area contributed by atoms with Crippen molar-refractivity contribution in [1.82, 2.24) is 19.4 Å². The van der Waals surface area contributed by atoms with Crippen molar-refractivity contribution in [2.75, 3.05) is 0 Å². The molecule has 1 amide bonds. The number of rotatable bonds is 2. The molecule has 1 aromatic carbocycles. The summed E-state index contributed by atoms with van der Waals surface area (Å²) in [5.74, 6) is 0.121. The van der Waals surface area contributed by atoms with Crippen LogP contribution in [0, 0.1) is 0 Å². The average Bonchev–Trinajstić information content (AvgIpc) is 3.40. The Morgan fingerprint density at radius 2 is 1.93 bits per heavy atom. The van der Waals surface area contributed by atoms with E-state index in [1.807, 2.05) is 40.9 Å². The Hall–Kier alpha value is -2.67. The van der Waals surface area contributed by atoms with E-state index in [0.717, 1.165) is 52.6 Å². The Kier molecular flexibility index (Phi) is 3.81. The number of hydrogen-bond donors (Lipinski definition) is 0. The van der Waals surface area contributed by atoms with Gasteiger partial charge in [0.2, 0.25) is 0 Å². The van der Waals surface area contributed by atoms with Crippen LogP contribution in [0.1, 0.15) is 42.5 Å². The fraction of sp³-hybridized carbons (Fsp3) is 0.318. The van der Waals surface area contributed by atoms with Crippen LogP contribution in [0.25, 0.3) is 28.0 Å². The maximum atomic E-state index is 13.2. The van der Waals surface area contributed by atoms with E-state index in [9.17, 15) is 4.79 Å². The van der Waals surface area contributed by atoms with Crippen LogP contribution in [-0.2, 0) is 0 Å². The number of pyridine rings is 1. The van der Waals surface area contributed by atoms with E-state index in [0.29, 0.717) is 23.2 Å². The molecule has 29 heavy (non-hydrogen) atoms. The first-order valence-corrected chi connectivity index (χ1v) is 10.8. The van der Waals surface area contributed by atoms with Gasteiger partial charge < -0.3 is 9.42 Å². The van der Waals surface area contributed by atoms with Gasteiger partial charge in [-0.25, -0.2) is 4.98 Å². The van der Waals surface area contributed by atoms with Crippen LogP contribution < -0.4 is 0 Å². The quantitative estimate of drug-likeness (QED) is 0.427. The van der Waals surface area contributed by atoms with Crippen molar-refractivity contribution in [1.29, 1.82) is 0 Å². The van der Waals surface area contributed by atoms with Gasteiger partial charge in [0.15, 0.2) is 5.58 Å². The molecule has 2 bridgehead atoms. The van der Waals surface area contributed by atoms with Gasteiger partial charge in [-0.3, -0.25) is 9.20 Å². The van der Waals surface area contributed by atoms with Gasteiger partial charge in [0.25, 0.3) is 5.91 Å². The van der Waals surface area contributed by atoms with E-state index in [-0.39, 0.29) is 5.91 Å². The highest BCUT2D eigenvalue weighted by molar-refractivity contribution is 9.10. The summed E-state index contributed by atoms with van der Waals surface area (Å²) < 4.78 is 8.56. The lowest BCUT2D eigenvalue weighted by molar-refractivity contribution is 0.0595. The Balaban J connectivity index is 1.40. The number of aromatic nitrogens is 3. The zero-order valence-corrected chi connectivity index (χ0v) is 17.3. The summed E-state index contributed by atoms with van der Waals surface area (Å²) in [6.45, 7) is 0. The number of halogens is 1. The molecule has 2 fully saturated rings. The summed E-state index contributed by atoms with van der Waals surface area (Å²) in [5, 5.41) is 5.18. The Labute approximate surface area is 175 Å². The number of nitrogens with zero attached hydrogens (tertiary/aromatic N) is 4. The van der Waals surface area contributed by atoms with Gasteiger partial charge in [0.1, 0.15) is 11.3 Å². The third-order valence-corrected chi connectivity index (χ3v) is 6.83. The van der Waals surface area contributed by atoms with Gasteiger partial charge in [-0.1, -0.05) is 5.16 Å². The topological polar surface area (TPSA) is 63.6 Å². The van der Waals surface area contributed by atoms with E-state index >= 15 is 0 Å². The minimum absolute atomic E-state index is 0.121. The van der Waals surface area contributed by atoms with Crippen molar-refractivity contribution in [3.8, 4) is 11.4 Å². The van der Waals surface area contributed by atoms with Gasteiger partial charge in [-0.2, -0.15) is 0 Å². The molecule has 0 aliphatic carbocycles. The molecule has 0 N–H and O–H groups in total. The van der Waals surface area contributed by atoms with E-state index in [4.69, 9.17) is 4.52 Å². The zero-order chi connectivity index (χ0) is 19.5. The molecule has 2 saturated heterocycles. The van der Waals surface area contributed by atoms with Crippen LogP contribution in [0.15, 0.2) is 51.7 Å². The lowest BCUT2D eigenvalue weighted by Gasteiger charge is -2.34. The van der Waals surface area contributed by atoms with Gasteiger partial charge in [0, 0.05) is 28.3 Å². The molecule has 2 aliphatic heterocycles. The lowest BCUT2D eigenvalue weighted by Crippen LogP contribution is -2.43. The number of carbonyl (C=O) groups excluding carboxylic acids is 1. The molecule has 2 unspecified atom stereocenters. The zero-order valence-electron chi connectivity index (χ0n) is 15.7. The fourth-order valence-corrected chi connectivity index (χ4v) is 5.32. The normalized spacial score (nSPS) is 21.3. The number of hydrogen-bond acceptors (Lipinski definition) is 4. The molecule has 7 heteroatoms. The van der Waals surface area contributed by atoms with Crippen molar-refractivity contribution < 1.29 is 9.32 Å². The molecule has 2 aliphatic rings. The third-order valence-electron chi connectivity index (χ3n) is 6.36. The molecule has 0 saturated carbocycles. The lowest BCUT2D eigenvalue weighted by atomic mass is 10.0. The Morgan fingerprint density at radius 1 is 1.10 bits per heavy atom. The number of imidazole rings is 1. The molecule has 4 aromatic rings. The number of benzene rings is 1. The van der Waals surface area contributed by atoms with E-state index in [1.54, 1.807) is 6.20 Å². The second-order valence-electron chi connectivity index (χ2n) is 7.99. The van der Waals surface area contributed by atoms with Crippen molar-refractivity contribution in [3.63, 3.8) is 0 Å². The van der Waals surface area contributed by atoms with Crippen molar-refractivity contribution >= 4 is 38.5 Å². The molecule has 0 spiro atoms. The smallest absolute Gasteiger partial charge is 0.254 e. The number of fused-ring (bicyclic) bond motifs is 4. The number of amides is 1. The molecular formula is C22H19BrN4O2. The van der Waals surface area contributed by atoms with Crippen LogP contribution in [0.4, 0.5) is 0 Å². The predicted molar refractivity (Wildman–Crippen MR) is 113 cm³/mol. The summed E-state index contributed by atoms with van der Waals surface area (Å²) >= 11 is 3.51. The van der Waals surface area contributed by atoms with Gasteiger partial charge in [0.05, 0.1) is 17.3 Å². The van der Waals surface area contributed by atoms with Crippen LogP contribution in [-0.4, -0.2) is 37.4 Å². The van der Waals surface area contributed by atoms with Crippen LogP contribution in [0.2, 0.25) is 0 Å². The van der Waals surface area contributed by atoms with Crippen LogP contribution in [0.3, 0.4) is 0 Å². The predicted octanol–water partition coefficient (Wildman–Crippen LogP) is 5.06. The van der Waals surface area contributed by atoms with Crippen LogP contribution >= 0.6 is 15.9 Å². The van der Waals surface area contributed by atoms with Crippen molar-refractivity contribution in [2.45, 2.75) is 44.2 Å². The minimum atomic E-state index is 0.121. The Bertz CT molecular complexity index is 1240. The molecule has 146 valence electrons. The van der Waals surface area contributed by atoms with Crippen molar-refractivity contribution in [2.24, 2.45) is 0 Å². The van der Waals surface area contributed by atoms with Gasteiger partial charge in [-0.15, -0.1) is 0 Å². The van der Waals surface area contributed by atoms with E-state index in [2.05, 4.69) is 31.0 Å². The highest BCUT2D eigenvalue weighted by Crippen LogP contribution is 2.37. The molecule has 3 aromatic heterocycles. The first-order chi connectivity index (χ1) is 14.2. The number of piperidine rings is 1. The molecule has 6 rings (SSSR count). The molecule has 0 radical (unpaired) electrons.